The molecule has 2 aromatic rings. The minimum absolute atomic E-state index is 0.0958. The van der Waals surface area contributed by atoms with Gasteiger partial charge in [-0.3, -0.25) is 4.79 Å². The fraction of sp³-hybridized carbons (Fsp3) is 0.333. The molecule has 0 radical (unpaired) electrons. The minimum Gasteiger partial charge on any atom is -0.447 e. The van der Waals surface area contributed by atoms with Crippen molar-refractivity contribution in [1.29, 1.82) is 0 Å². The fourth-order valence-corrected chi connectivity index (χ4v) is 4.43. The Morgan fingerprint density at radius 2 is 2.07 bits per heavy atom. The molecule has 2 aromatic carbocycles. The molecule has 0 aliphatic carbocycles. The first-order chi connectivity index (χ1) is 14.4. The lowest BCUT2D eigenvalue weighted by molar-refractivity contribution is 0.0951. The lowest BCUT2D eigenvalue weighted by Gasteiger charge is -2.33. The molecule has 2 amide bonds. The maximum absolute atomic E-state index is 12.7. The minimum atomic E-state index is -0.248. The molecule has 2 atom stereocenters. The molecule has 2 saturated heterocycles. The van der Waals surface area contributed by atoms with Gasteiger partial charge in [0.15, 0.2) is 0 Å². The van der Waals surface area contributed by atoms with Gasteiger partial charge in [0.2, 0.25) is 0 Å². The van der Waals surface area contributed by atoms with Crippen molar-refractivity contribution in [3.8, 4) is 0 Å². The Labute approximate surface area is 188 Å². The summed E-state index contributed by atoms with van der Waals surface area (Å²) in [6.45, 7) is 1.46. The summed E-state index contributed by atoms with van der Waals surface area (Å²) >= 11 is 9.43. The van der Waals surface area contributed by atoms with Crippen LogP contribution >= 0.6 is 27.5 Å². The van der Waals surface area contributed by atoms with Gasteiger partial charge in [0, 0.05) is 40.0 Å². The van der Waals surface area contributed by atoms with Gasteiger partial charge in [-0.25, -0.2) is 4.79 Å². The number of ether oxygens (including phenoxy) is 1. The van der Waals surface area contributed by atoms with Crippen LogP contribution in [0.5, 0.6) is 0 Å². The van der Waals surface area contributed by atoms with Crippen LogP contribution in [0.1, 0.15) is 28.8 Å². The number of nitrogens with one attached hydrogen (secondary N) is 2. The van der Waals surface area contributed by atoms with E-state index in [-0.39, 0.29) is 24.1 Å². The molecule has 2 fully saturated rings. The van der Waals surface area contributed by atoms with Crippen LogP contribution in [0.4, 0.5) is 16.2 Å². The Bertz CT molecular complexity index is 969. The highest BCUT2D eigenvalue weighted by molar-refractivity contribution is 9.10. The van der Waals surface area contributed by atoms with E-state index in [4.69, 9.17) is 22.1 Å². The molecule has 0 saturated carbocycles. The molecule has 30 heavy (non-hydrogen) atoms. The second-order valence-electron chi connectivity index (χ2n) is 7.52. The Morgan fingerprint density at radius 1 is 1.30 bits per heavy atom. The second-order valence-corrected chi connectivity index (χ2v) is 8.81. The van der Waals surface area contributed by atoms with Crippen LogP contribution < -0.4 is 16.4 Å². The maximum atomic E-state index is 12.7. The topological polar surface area (TPSA) is 96.7 Å². The van der Waals surface area contributed by atoms with E-state index in [2.05, 4.69) is 26.6 Å². The zero-order chi connectivity index (χ0) is 21.3. The molecule has 0 spiro atoms. The quantitative estimate of drug-likeness (QED) is 0.547. The Balaban J connectivity index is 1.43. The van der Waals surface area contributed by atoms with Crippen molar-refractivity contribution in [2.75, 3.05) is 24.2 Å². The molecule has 4 rings (SSSR count). The van der Waals surface area contributed by atoms with Crippen molar-refractivity contribution in [3.63, 3.8) is 0 Å². The van der Waals surface area contributed by atoms with Crippen LogP contribution in [-0.2, 0) is 11.3 Å². The van der Waals surface area contributed by atoms with Crippen LogP contribution in [0, 0.1) is 0 Å². The summed E-state index contributed by atoms with van der Waals surface area (Å²) in [4.78, 5) is 26.2. The molecule has 9 heteroatoms. The molecule has 2 aliphatic heterocycles. The van der Waals surface area contributed by atoms with Gasteiger partial charge in [0.05, 0.1) is 11.6 Å². The number of rotatable bonds is 5. The third-order valence-corrected chi connectivity index (χ3v) is 6.37. The van der Waals surface area contributed by atoms with Crippen molar-refractivity contribution in [2.24, 2.45) is 0 Å². The molecule has 0 bridgehead atoms. The van der Waals surface area contributed by atoms with E-state index in [1.807, 2.05) is 12.1 Å². The number of hydrogen-bond donors (Lipinski definition) is 3. The van der Waals surface area contributed by atoms with Gasteiger partial charge in [-0.05, 0) is 58.6 Å². The highest BCUT2D eigenvalue weighted by Gasteiger charge is 2.38. The number of nitrogens with zero attached hydrogens (tertiary/aromatic N) is 1. The number of carbonyl (C=O) groups is 2. The standard InChI is InChI=1S/C21H22BrClN4O3/c22-17-9-18(24)16(20(28)25-10-12-1-3-13(23)4-2-12)8-19(17)26-14-5-6-27-15(7-14)11-30-21(27)29/h1-4,8-9,14-15,26H,5-7,10-11,24H2,(H,25,28)/t14?,15-/m0/s1. The van der Waals surface area contributed by atoms with Gasteiger partial charge in [-0.2, -0.15) is 0 Å². The first-order valence-corrected chi connectivity index (χ1v) is 10.9. The molecule has 0 aromatic heterocycles. The van der Waals surface area contributed by atoms with E-state index in [0.717, 1.165) is 28.6 Å². The number of amides is 2. The lowest BCUT2D eigenvalue weighted by atomic mass is 9.98. The Morgan fingerprint density at radius 3 is 2.83 bits per heavy atom. The van der Waals surface area contributed by atoms with E-state index < -0.39 is 0 Å². The van der Waals surface area contributed by atoms with E-state index in [1.165, 1.54) is 0 Å². The number of nitrogen functional groups attached to an aromatic ring is 1. The number of hydrogen-bond acceptors (Lipinski definition) is 5. The summed E-state index contributed by atoms with van der Waals surface area (Å²) in [5, 5.41) is 7.03. The molecule has 2 heterocycles. The molecule has 158 valence electrons. The summed E-state index contributed by atoms with van der Waals surface area (Å²) in [5.41, 5.74) is 8.65. The number of nitrogens with two attached hydrogens (primary N) is 1. The summed E-state index contributed by atoms with van der Waals surface area (Å²) in [6.07, 6.45) is 1.37. The molecular weight excluding hydrogens is 472 g/mol. The van der Waals surface area contributed by atoms with Gasteiger partial charge < -0.3 is 26.0 Å². The lowest BCUT2D eigenvalue weighted by Crippen LogP contribution is -2.45. The zero-order valence-corrected chi connectivity index (χ0v) is 18.5. The van der Waals surface area contributed by atoms with Gasteiger partial charge in [-0.1, -0.05) is 23.7 Å². The molecule has 4 N–H and O–H groups in total. The number of benzene rings is 2. The van der Waals surface area contributed by atoms with E-state index in [9.17, 15) is 9.59 Å². The average molecular weight is 494 g/mol. The SMILES string of the molecule is Nc1cc(Br)c(NC2CCN3C(=O)OC[C@@H]3C2)cc1C(=O)NCc1ccc(Cl)cc1. The Kier molecular flexibility index (Phi) is 6.06. The predicted octanol–water partition coefficient (Wildman–Crippen LogP) is 4.01. The number of carbonyl (C=O) groups excluding carboxylic acids is 2. The van der Waals surface area contributed by atoms with Crippen LogP contribution in [0.2, 0.25) is 5.02 Å². The van der Waals surface area contributed by atoms with Gasteiger partial charge in [-0.15, -0.1) is 0 Å². The molecular formula is C21H22BrClN4O3. The van der Waals surface area contributed by atoms with Crippen LogP contribution in [0.3, 0.4) is 0 Å². The van der Waals surface area contributed by atoms with Crippen molar-refractivity contribution in [1.82, 2.24) is 10.2 Å². The summed E-state index contributed by atoms with van der Waals surface area (Å²) < 4.78 is 5.92. The second kappa shape index (κ2) is 8.73. The molecule has 1 unspecified atom stereocenters. The van der Waals surface area contributed by atoms with Crippen molar-refractivity contribution in [2.45, 2.75) is 31.5 Å². The van der Waals surface area contributed by atoms with E-state index >= 15 is 0 Å². The van der Waals surface area contributed by atoms with Crippen LogP contribution in [-0.4, -0.2) is 42.1 Å². The van der Waals surface area contributed by atoms with Gasteiger partial charge >= 0.3 is 6.09 Å². The fourth-order valence-electron chi connectivity index (χ4n) is 3.83. The predicted molar refractivity (Wildman–Crippen MR) is 120 cm³/mol. The van der Waals surface area contributed by atoms with Crippen molar-refractivity contribution in [3.05, 3.63) is 57.0 Å². The smallest absolute Gasteiger partial charge is 0.410 e. The average Bonchev–Trinajstić information content (AvgIpc) is 3.09. The maximum Gasteiger partial charge on any atom is 0.410 e. The molecule has 7 nitrogen and oxygen atoms in total. The summed E-state index contributed by atoms with van der Waals surface area (Å²) in [7, 11) is 0. The van der Waals surface area contributed by atoms with Crippen molar-refractivity contribution < 1.29 is 14.3 Å². The monoisotopic (exact) mass is 492 g/mol. The largest absolute Gasteiger partial charge is 0.447 e. The van der Waals surface area contributed by atoms with E-state index in [0.29, 0.717) is 36.0 Å². The number of halogens is 2. The summed E-state index contributed by atoms with van der Waals surface area (Å²) in [5.74, 6) is -0.248. The third-order valence-electron chi connectivity index (χ3n) is 5.46. The highest BCUT2D eigenvalue weighted by Crippen LogP contribution is 2.32. The summed E-state index contributed by atoms with van der Waals surface area (Å²) in [6, 6.07) is 11.1. The number of anilines is 2. The first-order valence-electron chi connectivity index (χ1n) is 9.72. The number of fused-ring (bicyclic) bond motifs is 1. The van der Waals surface area contributed by atoms with Crippen LogP contribution in [0.15, 0.2) is 40.9 Å². The van der Waals surface area contributed by atoms with Crippen molar-refractivity contribution >= 4 is 50.9 Å². The number of piperidine rings is 1. The van der Waals surface area contributed by atoms with Gasteiger partial charge in [0.1, 0.15) is 6.61 Å². The zero-order valence-electron chi connectivity index (χ0n) is 16.2. The molecule has 2 aliphatic rings. The number of cyclic esters (lactones) is 1. The van der Waals surface area contributed by atoms with Crippen LogP contribution in [0.25, 0.3) is 0 Å². The normalized spacial score (nSPS) is 20.5. The van der Waals surface area contributed by atoms with E-state index in [1.54, 1.807) is 29.2 Å². The highest BCUT2D eigenvalue weighted by atomic mass is 79.9. The van der Waals surface area contributed by atoms with Gasteiger partial charge in [0.25, 0.3) is 5.91 Å². The third kappa shape index (κ3) is 4.49. The Hall–Kier alpha value is -2.45. The first kappa shape index (κ1) is 20.8.